The zero-order chi connectivity index (χ0) is 20.1. The van der Waals surface area contributed by atoms with Crippen molar-refractivity contribution in [2.45, 2.75) is 53.1 Å². The van der Waals surface area contributed by atoms with Gasteiger partial charge in [-0.1, -0.05) is 34.6 Å². The van der Waals surface area contributed by atoms with Crippen LogP contribution in [-0.2, 0) is 14.8 Å². The number of carbonyl (C=O) groups excluding carboxylic acids is 1. The highest BCUT2D eigenvalue weighted by atomic mass is 32.2. The summed E-state index contributed by atoms with van der Waals surface area (Å²) < 4.78 is 31.2. The van der Waals surface area contributed by atoms with Gasteiger partial charge in [0.15, 0.2) is 0 Å². The molecule has 0 unspecified atom stereocenters. The Labute approximate surface area is 158 Å². The van der Waals surface area contributed by atoms with Crippen LogP contribution in [-0.4, -0.2) is 39.8 Å². The molecule has 0 bridgehead atoms. The lowest BCUT2D eigenvalue weighted by Gasteiger charge is -2.33. The number of carbonyl (C=O) groups is 1. The van der Waals surface area contributed by atoms with Crippen LogP contribution in [0.1, 0.15) is 41.0 Å². The van der Waals surface area contributed by atoms with Gasteiger partial charge >= 0.3 is 0 Å². The molecule has 0 fully saturated rings. The number of rotatable bonds is 9. The van der Waals surface area contributed by atoms with Crippen molar-refractivity contribution in [3.05, 3.63) is 24.3 Å². The molecule has 1 aromatic carbocycles. The van der Waals surface area contributed by atoms with Gasteiger partial charge in [0.2, 0.25) is 15.9 Å². The van der Waals surface area contributed by atoms with E-state index in [9.17, 15) is 13.2 Å². The fourth-order valence-electron chi connectivity index (χ4n) is 3.15. The van der Waals surface area contributed by atoms with Crippen LogP contribution in [0.3, 0.4) is 0 Å². The van der Waals surface area contributed by atoms with Crippen LogP contribution in [0.2, 0.25) is 0 Å². The molecule has 0 saturated heterocycles. The second-order valence-electron chi connectivity index (χ2n) is 7.20. The molecule has 0 aromatic heterocycles. The number of hydrogen-bond donors (Lipinski definition) is 1. The summed E-state index contributed by atoms with van der Waals surface area (Å²) >= 11 is 0. The third-order valence-electron chi connectivity index (χ3n) is 4.40. The Morgan fingerprint density at radius 3 is 1.96 bits per heavy atom. The average molecular weight is 385 g/mol. The van der Waals surface area contributed by atoms with Crippen molar-refractivity contribution in [3.63, 3.8) is 0 Å². The van der Waals surface area contributed by atoms with Crippen molar-refractivity contribution >= 4 is 21.6 Å². The zero-order valence-corrected chi connectivity index (χ0v) is 17.6. The summed E-state index contributed by atoms with van der Waals surface area (Å²) in [5, 5.41) is 3.04. The second kappa shape index (κ2) is 9.26. The summed E-state index contributed by atoms with van der Waals surface area (Å²) in [6.07, 6.45) is 1.49. The van der Waals surface area contributed by atoms with Crippen molar-refractivity contribution in [1.82, 2.24) is 5.32 Å². The Balaban J connectivity index is 3.22. The van der Waals surface area contributed by atoms with Gasteiger partial charge in [-0.2, -0.15) is 0 Å². The molecule has 1 N–H and O–H groups in total. The van der Waals surface area contributed by atoms with Gasteiger partial charge in [0, 0.05) is 6.04 Å². The predicted octanol–water partition coefficient (Wildman–Crippen LogP) is 3.04. The molecular weight excluding hydrogens is 352 g/mol. The third-order valence-corrected chi connectivity index (χ3v) is 5.58. The third kappa shape index (κ3) is 5.62. The molecular formula is C19H32N2O4S. The SMILES string of the molecule is CC[C@@H](C(=O)NC(C(C)C)C(C)C)N(c1ccc(OC)cc1)S(C)(=O)=O. The Hall–Kier alpha value is -1.76. The highest BCUT2D eigenvalue weighted by Gasteiger charge is 2.33. The maximum atomic E-state index is 12.9. The van der Waals surface area contributed by atoms with E-state index in [4.69, 9.17) is 4.74 Å². The van der Waals surface area contributed by atoms with Crippen LogP contribution in [0.4, 0.5) is 5.69 Å². The molecule has 0 saturated carbocycles. The maximum absolute atomic E-state index is 12.9. The normalized spacial score (nSPS) is 13.2. The Morgan fingerprint density at radius 2 is 1.62 bits per heavy atom. The van der Waals surface area contributed by atoms with Gasteiger partial charge in [0.05, 0.1) is 19.1 Å². The quantitative estimate of drug-likeness (QED) is 0.710. The van der Waals surface area contributed by atoms with E-state index in [1.54, 1.807) is 31.4 Å². The summed E-state index contributed by atoms with van der Waals surface area (Å²) in [6.45, 7) is 9.99. The van der Waals surface area contributed by atoms with Gasteiger partial charge in [0.1, 0.15) is 11.8 Å². The lowest BCUT2D eigenvalue weighted by atomic mass is 9.93. The number of benzene rings is 1. The summed E-state index contributed by atoms with van der Waals surface area (Å²) in [6, 6.07) is 5.84. The molecule has 0 aliphatic rings. The molecule has 0 aliphatic carbocycles. The number of nitrogens with zero attached hydrogens (tertiary/aromatic N) is 1. The highest BCUT2D eigenvalue weighted by Crippen LogP contribution is 2.25. The standard InChI is InChI=1S/C19H32N2O4S/c1-8-17(19(22)20-18(13(2)3)14(4)5)21(26(7,23)24)15-9-11-16(25-6)12-10-15/h9-14,17-18H,8H2,1-7H3,(H,20,22)/t17-/m0/s1. The van der Waals surface area contributed by atoms with E-state index < -0.39 is 16.1 Å². The first-order chi connectivity index (χ1) is 12.0. The molecule has 1 amide bonds. The minimum atomic E-state index is -3.64. The van der Waals surface area contributed by atoms with E-state index in [0.717, 1.165) is 6.26 Å². The summed E-state index contributed by atoms with van der Waals surface area (Å²) in [5.74, 6) is 0.855. The largest absolute Gasteiger partial charge is 0.497 e. The van der Waals surface area contributed by atoms with Crippen LogP contribution in [0, 0.1) is 11.8 Å². The molecule has 148 valence electrons. The van der Waals surface area contributed by atoms with Gasteiger partial charge in [-0.25, -0.2) is 8.42 Å². The van der Waals surface area contributed by atoms with E-state index in [2.05, 4.69) is 5.32 Å². The topological polar surface area (TPSA) is 75.7 Å². The molecule has 0 heterocycles. The molecule has 0 spiro atoms. The van der Waals surface area contributed by atoms with E-state index in [1.807, 2.05) is 34.6 Å². The fourth-order valence-corrected chi connectivity index (χ4v) is 4.36. The molecule has 26 heavy (non-hydrogen) atoms. The molecule has 1 aromatic rings. The van der Waals surface area contributed by atoms with Gasteiger partial charge < -0.3 is 10.1 Å². The van der Waals surface area contributed by atoms with Crippen LogP contribution in [0.5, 0.6) is 5.75 Å². The fraction of sp³-hybridized carbons (Fsp3) is 0.632. The van der Waals surface area contributed by atoms with Crippen LogP contribution in [0.25, 0.3) is 0 Å². The van der Waals surface area contributed by atoms with Gasteiger partial charge in [-0.3, -0.25) is 9.10 Å². The molecule has 1 rings (SSSR count). The number of amides is 1. The van der Waals surface area contributed by atoms with E-state index in [-0.39, 0.29) is 23.8 Å². The number of sulfonamides is 1. The molecule has 1 atom stereocenters. The van der Waals surface area contributed by atoms with Crippen molar-refractivity contribution in [2.24, 2.45) is 11.8 Å². The summed E-state index contributed by atoms with van der Waals surface area (Å²) in [5.41, 5.74) is 0.445. The Bertz CT molecular complexity index is 676. The lowest BCUT2D eigenvalue weighted by Crippen LogP contribution is -2.53. The highest BCUT2D eigenvalue weighted by molar-refractivity contribution is 7.92. The van der Waals surface area contributed by atoms with Gasteiger partial charge in [-0.15, -0.1) is 0 Å². The second-order valence-corrected chi connectivity index (χ2v) is 9.06. The number of hydrogen-bond acceptors (Lipinski definition) is 4. The Kier molecular flexibility index (Phi) is 7.93. The first-order valence-corrected chi connectivity index (χ1v) is 10.8. The predicted molar refractivity (Wildman–Crippen MR) is 106 cm³/mol. The smallest absolute Gasteiger partial charge is 0.244 e. The average Bonchev–Trinajstić information content (AvgIpc) is 2.55. The van der Waals surface area contributed by atoms with Crippen molar-refractivity contribution in [1.29, 1.82) is 0 Å². The van der Waals surface area contributed by atoms with Gasteiger partial charge in [0.25, 0.3) is 0 Å². The van der Waals surface area contributed by atoms with Crippen molar-refractivity contribution in [3.8, 4) is 5.75 Å². The number of nitrogens with one attached hydrogen (secondary N) is 1. The minimum Gasteiger partial charge on any atom is -0.497 e. The molecule has 0 aliphatic heterocycles. The van der Waals surface area contributed by atoms with Crippen LogP contribution < -0.4 is 14.4 Å². The van der Waals surface area contributed by atoms with Crippen molar-refractivity contribution < 1.29 is 17.9 Å². The molecule has 7 heteroatoms. The number of anilines is 1. The molecule has 6 nitrogen and oxygen atoms in total. The summed E-state index contributed by atoms with van der Waals surface area (Å²) in [4.78, 5) is 12.9. The summed E-state index contributed by atoms with van der Waals surface area (Å²) in [7, 11) is -2.09. The minimum absolute atomic E-state index is 0.0196. The first kappa shape index (κ1) is 22.3. The first-order valence-electron chi connectivity index (χ1n) is 8.96. The van der Waals surface area contributed by atoms with Crippen LogP contribution in [0.15, 0.2) is 24.3 Å². The number of ether oxygens (including phenoxy) is 1. The van der Waals surface area contributed by atoms with Crippen molar-refractivity contribution in [2.75, 3.05) is 17.7 Å². The molecule has 0 radical (unpaired) electrons. The van der Waals surface area contributed by atoms with Crippen LogP contribution >= 0.6 is 0 Å². The van der Waals surface area contributed by atoms with E-state index in [0.29, 0.717) is 17.9 Å². The monoisotopic (exact) mass is 384 g/mol. The maximum Gasteiger partial charge on any atom is 0.244 e. The zero-order valence-electron chi connectivity index (χ0n) is 16.8. The lowest BCUT2D eigenvalue weighted by molar-refractivity contribution is -0.123. The Morgan fingerprint density at radius 1 is 1.12 bits per heavy atom. The van der Waals surface area contributed by atoms with Gasteiger partial charge in [-0.05, 0) is 42.5 Å². The van der Waals surface area contributed by atoms with E-state index in [1.165, 1.54) is 4.31 Å². The number of methoxy groups -OCH3 is 1. The van der Waals surface area contributed by atoms with E-state index >= 15 is 0 Å².